The molecule has 384 valence electrons. The Labute approximate surface area is 432 Å². The summed E-state index contributed by atoms with van der Waals surface area (Å²) in [5.74, 6) is -0.751. The van der Waals surface area contributed by atoms with Gasteiger partial charge in [-0.05, 0) is 101 Å². The van der Waals surface area contributed by atoms with Gasteiger partial charge in [-0.3, -0.25) is 18.8 Å². The highest BCUT2D eigenvalue weighted by atomic mass is 35.5. The minimum absolute atomic E-state index is 0. The van der Waals surface area contributed by atoms with Crippen molar-refractivity contribution in [3.05, 3.63) is 103 Å². The fourth-order valence-electron chi connectivity index (χ4n) is 6.84. The quantitative estimate of drug-likeness (QED) is 0.0612. The first-order valence-corrected chi connectivity index (χ1v) is 25.3. The third kappa shape index (κ3) is 18.8. The summed E-state index contributed by atoms with van der Waals surface area (Å²) in [6, 6.07) is 16.9. The second-order valence-corrected chi connectivity index (χ2v) is 22.3. The van der Waals surface area contributed by atoms with Gasteiger partial charge in [0.2, 0.25) is 13.6 Å². The highest BCUT2D eigenvalue weighted by Gasteiger charge is 2.38. The molecule has 0 saturated carbocycles. The van der Waals surface area contributed by atoms with Gasteiger partial charge in [-0.1, -0.05) is 74.5 Å². The normalized spacial score (nSPS) is 14.9. The third-order valence-electron chi connectivity index (χ3n) is 9.33. The highest BCUT2D eigenvalue weighted by Crippen LogP contribution is 2.55. The molecule has 16 nitrogen and oxygen atoms in total. The van der Waals surface area contributed by atoms with E-state index in [4.69, 9.17) is 65.5 Å². The summed E-state index contributed by atoms with van der Waals surface area (Å²) in [4.78, 5) is 48.9. The fourth-order valence-corrected chi connectivity index (χ4v) is 11.2. The molecule has 2 aliphatic heterocycles. The van der Waals surface area contributed by atoms with Crippen LogP contribution in [0, 0.1) is 0 Å². The van der Waals surface area contributed by atoms with Crippen LogP contribution in [-0.2, 0) is 72.2 Å². The first kappa shape index (κ1) is 63.8. The van der Waals surface area contributed by atoms with Gasteiger partial charge < -0.3 is 28.7 Å². The standard InChI is InChI=1S/C25H35ClNO7PS.C17H19ClNO7PS.2CH4.2H2S/c1-24(2,3)33-35(29,34-25(4,5)6)32-16-31-21-14-17-15-27(13-12-20(17)36-21)22(23(28)30-7)18-10-8-9-11-19(18)26;1-24-17(20)16(12-4-2-3-5-13(12)18)19-7-6-14-11(9-19)8-15(28-14)25-10-26-27(21,22)23;;;;/h8-11,14,22H,12-13,15-16H2,1-7H3;2-5,8,16H,6-7,9-10H2,1H3,(H2,21,22,23);2*1H4;2*1H2/t22-;16-;;;;/m00..../s1. The Kier molecular flexibility index (Phi) is 25.9. The summed E-state index contributed by atoms with van der Waals surface area (Å²) in [7, 11) is -5.73. The Morgan fingerprint density at radius 2 is 1.04 bits per heavy atom. The minimum Gasteiger partial charge on any atom is -0.468 e. The number of thiophene rings is 2. The summed E-state index contributed by atoms with van der Waals surface area (Å²) in [6.07, 6.45) is 1.43. The average Bonchev–Trinajstić information content (AvgIpc) is 3.80. The molecule has 2 aromatic carbocycles. The zero-order valence-corrected chi connectivity index (χ0v) is 44.7. The van der Waals surface area contributed by atoms with E-state index in [1.54, 1.807) is 71.9 Å². The van der Waals surface area contributed by atoms with Gasteiger partial charge in [-0.2, -0.15) is 27.0 Å². The molecule has 2 N–H and O–H groups in total. The van der Waals surface area contributed by atoms with E-state index in [0.717, 1.165) is 27.3 Å². The van der Waals surface area contributed by atoms with Crippen LogP contribution in [0.5, 0.6) is 10.1 Å². The molecule has 2 aromatic heterocycles. The molecule has 0 bridgehead atoms. The van der Waals surface area contributed by atoms with E-state index in [2.05, 4.69) is 4.52 Å². The van der Waals surface area contributed by atoms with Crippen molar-refractivity contribution in [2.24, 2.45) is 0 Å². The number of rotatable bonds is 16. The van der Waals surface area contributed by atoms with Crippen LogP contribution in [0.25, 0.3) is 0 Å². The van der Waals surface area contributed by atoms with Gasteiger partial charge in [0.25, 0.3) is 0 Å². The molecule has 2 aliphatic rings. The van der Waals surface area contributed by atoms with Gasteiger partial charge in [0.1, 0.15) is 12.1 Å². The number of carbonyl (C=O) groups is 2. The highest BCUT2D eigenvalue weighted by molar-refractivity contribution is 7.59. The maximum absolute atomic E-state index is 13.2. The van der Waals surface area contributed by atoms with Crippen molar-refractivity contribution in [1.29, 1.82) is 0 Å². The number of phosphoric ester groups is 2. The van der Waals surface area contributed by atoms with Crippen LogP contribution in [0.2, 0.25) is 10.0 Å². The van der Waals surface area contributed by atoms with Gasteiger partial charge >= 0.3 is 27.6 Å². The smallest absolute Gasteiger partial charge is 0.468 e. The molecule has 68 heavy (non-hydrogen) atoms. The SMILES string of the molecule is C.C.COC(=O)[C@H](c1ccccc1Cl)N1CCc2sc(OCOP(=O)(O)O)cc2C1.COC(=O)[C@H](c1ccccc1Cl)N1CCc2sc(OCOP(=O)(OC(C)(C)C)OC(C)(C)C)cc2C1.S.S. The molecule has 4 heterocycles. The number of halogens is 2. The lowest BCUT2D eigenvalue weighted by molar-refractivity contribution is -0.148. The van der Waals surface area contributed by atoms with Crippen molar-refractivity contribution in [2.45, 2.75) is 106 Å². The second kappa shape index (κ2) is 27.6. The molecule has 0 fully saturated rings. The monoisotopic (exact) mass is 1110 g/mol. The number of esters is 2. The van der Waals surface area contributed by atoms with Crippen LogP contribution in [0.1, 0.15) is 100 Å². The van der Waals surface area contributed by atoms with Gasteiger partial charge in [0.05, 0.1) is 25.4 Å². The lowest BCUT2D eigenvalue weighted by atomic mass is 10.0. The first-order chi connectivity index (χ1) is 30.0. The van der Waals surface area contributed by atoms with E-state index >= 15 is 0 Å². The van der Waals surface area contributed by atoms with Crippen LogP contribution in [0.4, 0.5) is 0 Å². The van der Waals surface area contributed by atoms with E-state index in [0.29, 0.717) is 63.9 Å². The van der Waals surface area contributed by atoms with Crippen LogP contribution >= 0.6 is 88.5 Å². The lowest BCUT2D eigenvalue weighted by Crippen LogP contribution is -2.38. The van der Waals surface area contributed by atoms with E-state index in [9.17, 15) is 18.7 Å². The molecule has 0 spiro atoms. The Morgan fingerprint density at radius 3 is 1.38 bits per heavy atom. The van der Waals surface area contributed by atoms with Gasteiger partial charge in [0.15, 0.2) is 10.1 Å². The predicted molar refractivity (Wildman–Crippen MR) is 278 cm³/mol. The average molecular weight is 1110 g/mol. The molecule has 4 aromatic rings. The van der Waals surface area contributed by atoms with Crippen molar-refractivity contribution >= 4 is 100 Å². The third-order valence-corrected chi connectivity index (χ3v) is 14.7. The van der Waals surface area contributed by atoms with Gasteiger partial charge in [-0.25, -0.2) is 27.8 Å². The van der Waals surface area contributed by atoms with Crippen molar-refractivity contribution in [2.75, 3.05) is 40.9 Å². The number of hydrogen-bond donors (Lipinski definition) is 2. The maximum atomic E-state index is 13.2. The first-order valence-electron chi connectivity index (χ1n) is 20.0. The zero-order valence-electron chi connectivity index (χ0n) is 37.7. The summed E-state index contributed by atoms with van der Waals surface area (Å²) >= 11 is 15.6. The number of phosphoric acid groups is 2. The molecule has 24 heteroatoms. The molecule has 6 rings (SSSR count). The summed E-state index contributed by atoms with van der Waals surface area (Å²) < 4.78 is 66.1. The Bertz CT molecular complexity index is 2320. The van der Waals surface area contributed by atoms with Crippen LogP contribution in [0.15, 0.2) is 60.7 Å². The Morgan fingerprint density at radius 1 is 0.676 bits per heavy atom. The second-order valence-electron chi connectivity index (χ2n) is 16.5. The minimum atomic E-state index is -4.58. The van der Waals surface area contributed by atoms with E-state index in [1.807, 2.05) is 40.1 Å². The number of nitrogens with zero attached hydrogens (tertiary/aromatic N) is 2. The van der Waals surface area contributed by atoms with Gasteiger partial charge in [0, 0.05) is 46.0 Å². The largest absolute Gasteiger partial charge is 0.478 e. The van der Waals surface area contributed by atoms with Crippen LogP contribution in [-0.4, -0.2) is 83.6 Å². The molecule has 0 radical (unpaired) electrons. The van der Waals surface area contributed by atoms with E-state index in [-0.39, 0.29) is 54.6 Å². The summed E-state index contributed by atoms with van der Waals surface area (Å²) in [5.41, 5.74) is 1.95. The number of fused-ring (bicyclic) bond motifs is 2. The molecular weight excluding hydrogens is 1040 g/mol. The lowest BCUT2D eigenvalue weighted by Gasteiger charge is -2.33. The molecule has 0 saturated heterocycles. The predicted octanol–water partition coefficient (Wildman–Crippen LogP) is 11.4. The van der Waals surface area contributed by atoms with Crippen molar-refractivity contribution in [3.8, 4) is 10.1 Å². The van der Waals surface area contributed by atoms with Crippen molar-refractivity contribution in [1.82, 2.24) is 9.80 Å². The number of benzene rings is 2. The Balaban J connectivity index is 0.000000659. The molecule has 0 amide bonds. The van der Waals surface area contributed by atoms with Crippen molar-refractivity contribution < 1.29 is 65.5 Å². The maximum Gasteiger partial charge on any atom is 0.478 e. The fraction of sp³-hybridized carbons (Fsp3) is 0.500. The summed E-state index contributed by atoms with van der Waals surface area (Å²) in [5, 5.41) is 2.12. The van der Waals surface area contributed by atoms with Gasteiger partial charge in [-0.15, -0.1) is 22.7 Å². The van der Waals surface area contributed by atoms with Crippen LogP contribution in [0.3, 0.4) is 0 Å². The van der Waals surface area contributed by atoms with Crippen molar-refractivity contribution in [3.63, 3.8) is 0 Å². The van der Waals surface area contributed by atoms with E-state index in [1.165, 1.54) is 36.9 Å². The topological polar surface area (TPSA) is 189 Å². The molecule has 0 aliphatic carbocycles. The molecular formula is C44H66Cl2N2O14P2S4. The number of methoxy groups -OCH3 is 2. The molecule has 0 unspecified atom stereocenters. The molecule has 2 atom stereocenters. The Hall–Kier alpha value is -2.20. The van der Waals surface area contributed by atoms with E-state index < -0.39 is 51.7 Å². The zero-order chi connectivity index (χ0) is 47.0. The number of ether oxygens (including phenoxy) is 4. The number of hydrogen-bond acceptors (Lipinski definition) is 16. The summed E-state index contributed by atoms with van der Waals surface area (Å²) in [6.45, 7) is 12.1. The van der Waals surface area contributed by atoms with Crippen LogP contribution < -0.4 is 9.47 Å². The number of carbonyl (C=O) groups excluding carboxylic acids is 2.